The van der Waals surface area contributed by atoms with E-state index in [2.05, 4.69) is 15.3 Å². The normalized spacial score (nSPS) is 10.0. The van der Waals surface area contributed by atoms with E-state index in [1.165, 1.54) is 6.92 Å². The second-order valence-electron chi connectivity index (χ2n) is 4.39. The van der Waals surface area contributed by atoms with Crippen LogP contribution >= 0.6 is 0 Å². The van der Waals surface area contributed by atoms with Gasteiger partial charge >= 0.3 is 0 Å². The molecule has 1 N–H and O–H groups in total. The predicted octanol–water partition coefficient (Wildman–Crippen LogP) is 2.16. The number of hydrogen-bond donors (Lipinski definition) is 1. The van der Waals surface area contributed by atoms with Gasteiger partial charge in [0.2, 0.25) is 0 Å². The average Bonchev–Trinajstić information content (AvgIpc) is 2.52. The van der Waals surface area contributed by atoms with Crippen LogP contribution in [-0.2, 0) is 4.79 Å². The van der Waals surface area contributed by atoms with Crippen LogP contribution < -0.4 is 14.8 Å². The molecule has 1 aromatic heterocycles. The van der Waals surface area contributed by atoms with Crippen molar-refractivity contribution in [3.8, 4) is 22.9 Å². The summed E-state index contributed by atoms with van der Waals surface area (Å²) < 4.78 is 10.5. The standard InChI is InChI=1S/C15H17N3O3/c1-10(19)9-17-14-6-7-16-15(18-14)12-5-4-11(20-2)8-13(12)21-3/h4-8H,9H2,1-3H3,(H,16,17,18). The topological polar surface area (TPSA) is 73.3 Å². The van der Waals surface area contributed by atoms with E-state index < -0.39 is 0 Å². The Kier molecular flexibility index (Phi) is 4.71. The summed E-state index contributed by atoms with van der Waals surface area (Å²) in [5.74, 6) is 2.47. The SMILES string of the molecule is COc1ccc(-c2nccc(NCC(C)=O)n2)c(OC)c1. The smallest absolute Gasteiger partial charge is 0.165 e. The molecule has 110 valence electrons. The van der Waals surface area contributed by atoms with Gasteiger partial charge in [0.1, 0.15) is 23.1 Å². The second-order valence-corrected chi connectivity index (χ2v) is 4.39. The van der Waals surface area contributed by atoms with E-state index in [-0.39, 0.29) is 12.3 Å². The Bertz CT molecular complexity index is 644. The third kappa shape index (κ3) is 3.68. The zero-order chi connectivity index (χ0) is 15.2. The monoisotopic (exact) mass is 287 g/mol. The summed E-state index contributed by atoms with van der Waals surface area (Å²) in [5, 5.41) is 2.95. The Hall–Kier alpha value is -2.63. The first kappa shape index (κ1) is 14.8. The average molecular weight is 287 g/mol. The third-order valence-corrected chi connectivity index (χ3v) is 2.82. The van der Waals surface area contributed by atoms with Gasteiger partial charge in [-0.3, -0.25) is 4.79 Å². The number of hydrogen-bond acceptors (Lipinski definition) is 6. The summed E-state index contributed by atoms with van der Waals surface area (Å²) in [5.41, 5.74) is 0.754. The Balaban J connectivity index is 2.33. The molecule has 0 spiro atoms. The molecule has 1 heterocycles. The number of nitrogens with zero attached hydrogens (tertiary/aromatic N) is 2. The van der Waals surface area contributed by atoms with Gasteiger partial charge in [-0.05, 0) is 25.1 Å². The highest BCUT2D eigenvalue weighted by molar-refractivity contribution is 5.80. The maximum Gasteiger partial charge on any atom is 0.165 e. The molecule has 0 saturated carbocycles. The molecule has 21 heavy (non-hydrogen) atoms. The van der Waals surface area contributed by atoms with Crippen LogP contribution in [0, 0.1) is 0 Å². The van der Waals surface area contributed by atoms with E-state index in [0.29, 0.717) is 23.1 Å². The van der Waals surface area contributed by atoms with Crippen LogP contribution in [0.1, 0.15) is 6.92 Å². The second kappa shape index (κ2) is 6.69. The van der Waals surface area contributed by atoms with Crippen molar-refractivity contribution in [1.82, 2.24) is 9.97 Å². The van der Waals surface area contributed by atoms with Gasteiger partial charge in [0.25, 0.3) is 0 Å². The van der Waals surface area contributed by atoms with Gasteiger partial charge in [-0.2, -0.15) is 0 Å². The minimum absolute atomic E-state index is 0.0391. The number of carbonyl (C=O) groups excluding carboxylic acids is 1. The van der Waals surface area contributed by atoms with Gasteiger partial charge in [-0.15, -0.1) is 0 Å². The van der Waals surface area contributed by atoms with Crippen molar-refractivity contribution in [3.63, 3.8) is 0 Å². The highest BCUT2D eigenvalue weighted by Crippen LogP contribution is 2.31. The molecule has 0 unspecified atom stereocenters. The van der Waals surface area contributed by atoms with E-state index >= 15 is 0 Å². The Morgan fingerprint density at radius 3 is 2.71 bits per heavy atom. The van der Waals surface area contributed by atoms with Gasteiger partial charge < -0.3 is 14.8 Å². The van der Waals surface area contributed by atoms with Crippen LogP contribution in [0.15, 0.2) is 30.5 Å². The molecule has 6 nitrogen and oxygen atoms in total. The lowest BCUT2D eigenvalue weighted by Crippen LogP contribution is -2.11. The van der Waals surface area contributed by atoms with E-state index in [0.717, 1.165) is 5.56 Å². The van der Waals surface area contributed by atoms with Crippen LogP contribution in [0.2, 0.25) is 0 Å². The predicted molar refractivity (Wildman–Crippen MR) is 79.7 cm³/mol. The quantitative estimate of drug-likeness (QED) is 0.877. The Morgan fingerprint density at radius 2 is 2.05 bits per heavy atom. The molecular formula is C15H17N3O3. The number of ketones is 1. The minimum Gasteiger partial charge on any atom is -0.497 e. The molecule has 0 saturated heterocycles. The highest BCUT2D eigenvalue weighted by atomic mass is 16.5. The zero-order valence-electron chi connectivity index (χ0n) is 12.2. The lowest BCUT2D eigenvalue weighted by molar-refractivity contribution is -0.115. The number of rotatable bonds is 6. The fourth-order valence-electron chi connectivity index (χ4n) is 1.79. The van der Waals surface area contributed by atoms with Gasteiger partial charge in [0.05, 0.1) is 26.3 Å². The van der Waals surface area contributed by atoms with Gasteiger partial charge in [-0.1, -0.05) is 0 Å². The van der Waals surface area contributed by atoms with Crippen LogP contribution in [-0.4, -0.2) is 36.5 Å². The first-order valence-electron chi connectivity index (χ1n) is 6.43. The largest absolute Gasteiger partial charge is 0.497 e. The van der Waals surface area contributed by atoms with Gasteiger partial charge in [-0.25, -0.2) is 9.97 Å². The lowest BCUT2D eigenvalue weighted by atomic mass is 10.1. The molecule has 0 aliphatic carbocycles. The van der Waals surface area contributed by atoms with E-state index in [1.807, 2.05) is 12.1 Å². The van der Waals surface area contributed by atoms with E-state index in [9.17, 15) is 4.79 Å². The number of methoxy groups -OCH3 is 2. The van der Waals surface area contributed by atoms with Crippen LogP contribution in [0.3, 0.4) is 0 Å². The first-order valence-corrected chi connectivity index (χ1v) is 6.43. The molecule has 0 amide bonds. The van der Waals surface area contributed by atoms with Crippen molar-refractivity contribution >= 4 is 11.6 Å². The van der Waals surface area contributed by atoms with Crippen LogP contribution in [0.5, 0.6) is 11.5 Å². The summed E-state index contributed by atoms with van der Waals surface area (Å²) in [6, 6.07) is 7.13. The Labute approximate surface area is 123 Å². The fourth-order valence-corrected chi connectivity index (χ4v) is 1.79. The molecule has 0 aliphatic heterocycles. The highest BCUT2D eigenvalue weighted by Gasteiger charge is 2.10. The van der Waals surface area contributed by atoms with Crippen molar-refractivity contribution < 1.29 is 14.3 Å². The molecule has 2 rings (SSSR count). The first-order chi connectivity index (χ1) is 10.1. The third-order valence-electron chi connectivity index (χ3n) is 2.82. The maximum atomic E-state index is 11.0. The minimum atomic E-state index is 0.0391. The number of Topliss-reactive ketones (excluding diaryl/α,β-unsaturated/α-hetero) is 1. The molecule has 0 atom stereocenters. The number of aromatic nitrogens is 2. The van der Waals surface area contributed by atoms with Crippen LogP contribution in [0.4, 0.5) is 5.82 Å². The molecule has 0 radical (unpaired) electrons. The summed E-state index contributed by atoms with van der Waals surface area (Å²) >= 11 is 0. The molecule has 2 aromatic rings. The number of carbonyl (C=O) groups is 1. The molecular weight excluding hydrogens is 270 g/mol. The Morgan fingerprint density at radius 1 is 1.24 bits per heavy atom. The number of nitrogens with one attached hydrogen (secondary N) is 1. The lowest BCUT2D eigenvalue weighted by Gasteiger charge is -2.10. The van der Waals surface area contributed by atoms with Crippen molar-refractivity contribution in [2.24, 2.45) is 0 Å². The maximum absolute atomic E-state index is 11.0. The molecule has 0 bridgehead atoms. The number of benzene rings is 1. The summed E-state index contributed by atoms with van der Waals surface area (Å²) in [4.78, 5) is 19.6. The molecule has 1 aromatic carbocycles. The van der Waals surface area contributed by atoms with Gasteiger partial charge in [0, 0.05) is 12.3 Å². The van der Waals surface area contributed by atoms with E-state index in [1.54, 1.807) is 32.5 Å². The van der Waals surface area contributed by atoms with Crippen molar-refractivity contribution in [1.29, 1.82) is 0 Å². The molecule has 0 aliphatic rings. The van der Waals surface area contributed by atoms with Gasteiger partial charge in [0.15, 0.2) is 5.82 Å². The van der Waals surface area contributed by atoms with E-state index in [4.69, 9.17) is 9.47 Å². The van der Waals surface area contributed by atoms with Crippen LogP contribution in [0.25, 0.3) is 11.4 Å². The molecule has 0 fully saturated rings. The molecule has 6 heteroatoms. The summed E-state index contributed by atoms with van der Waals surface area (Å²) in [7, 11) is 3.17. The number of ether oxygens (including phenoxy) is 2. The fraction of sp³-hybridized carbons (Fsp3) is 0.267. The van der Waals surface area contributed by atoms with Crippen molar-refractivity contribution in [3.05, 3.63) is 30.5 Å². The summed E-state index contributed by atoms with van der Waals surface area (Å²) in [6.07, 6.45) is 1.63. The van der Waals surface area contributed by atoms with Crippen molar-refractivity contribution in [2.45, 2.75) is 6.92 Å². The zero-order valence-corrected chi connectivity index (χ0v) is 12.2. The number of anilines is 1. The van der Waals surface area contributed by atoms with Crippen molar-refractivity contribution in [2.75, 3.05) is 26.1 Å². The summed E-state index contributed by atoms with van der Waals surface area (Å²) in [6.45, 7) is 1.75.